The van der Waals surface area contributed by atoms with Gasteiger partial charge in [0.25, 0.3) is 11.5 Å². The molecule has 1 atom stereocenters. The first-order valence-electron chi connectivity index (χ1n) is 8.85. The SMILES string of the molecule is Cn1ccc(C(=O)N2CCCC[C@H]2CCN2CCCC2)cc1=O. The highest BCUT2D eigenvalue weighted by Crippen LogP contribution is 2.22. The summed E-state index contributed by atoms with van der Waals surface area (Å²) in [6.07, 6.45) is 8.70. The minimum absolute atomic E-state index is 0.0221. The van der Waals surface area contributed by atoms with Gasteiger partial charge in [0.05, 0.1) is 0 Å². The van der Waals surface area contributed by atoms with Crippen LogP contribution >= 0.6 is 0 Å². The predicted molar refractivity (Wildman–Crippen MR) is 90.6 cm³/mol. The van der Waals surface area contributed by atoms with Gasteiger partial charge < -0.3 is 14.4 Å². The molecule has 2 saturated heterocycles. The van der Waals surface area contributed by atoms with Crippen LogP contribution in [-0.2, 0) is 7.05 Å². The van der Waals surface area contributed by atoms with Gasteiger partial charge in [0.15, 0.2) is 0 Å². The molecule has 0 aliphatic carbocycles. The summed E-state index contributed by atoms with van der Waals surface area (Å²) in [5, 5.41) is 0. The maximum absolute atomic E-state index is 12.8. The zero-order valence-electron chi connectivity index (χ0n) is 14.0. The molecule has 0 saturated carbocycles. The number of amides is 1. The van der Waals surface area contributed by atoms with E-state index in [9.17, 15) is 9.59 Å². The lowest BCUT2D eigenvalue weighted by atomic mass is 9.98. The Kier molecular flexibility index (Phi) is 5.16. The number of nitrogens with zero attached hydrogens (tertiary/aromatic N) is 3. The molecule has 0 N–H and O–H groups in total. The van der Waals surface area contributed by atoms with Crippen LogP contribution in [0.1, 0.15) is 48.9 Å². The first-order chi connectivity index (χ1) is 11.1. The second-order valence-corrected chi connectivity index (χ2v) is 6.85. The standard InChI is InChI=1S/C18H27N3O2/c1-19-12-7-15(14-17(19)22)18(23)21-11-3-2-6-16(21)8-13-20-9-4-5-10-20/h7,12,14,16H,2-6,8-11,13H2,1H3/t16-/m0/s1. The summed E-state index contributed by atoms with van der Waals surface area (Å²) in [6.45, 7) is 4.31. The molecule has 3 heterocycles. The summed E-state index contributed by atoms with van der Waals surface area (Å²) in [4.78, 5) is 29.1. The Morgan fingerprint density at radius 1 is 1.17 bits per heavy atom. The number of aryl methyl sites for hydroxylation is 1. The van der Waals surface area contributed by atoms with Gasteiger partial charge in [0.2, 0.25) is 0 Å². The molecule has 5 heteroatoms. The minimum Gasteiger partial charge on any atom is -0.336 e. The van der Waals surface area contributed by atoms with Crippen molar-refractivity contribution in [1.29, 1.82) is 0 Å². The van der Waals surface area contributed by atoms with E-state index in [0.717, 1.165) is 32.4 Å². The highest BCUT2D eigenvalue weighted by molar-refractivity contribution is 5.94. The third-order valence-electron chi connectivity index (χ3n) is 5.22. The summed E-state index contributed by atoms with van der Waals surface area (Å²) in [5.74, 6) is 0.0221. The molecule has 0 bridgehead atoms. The fourth-order valence-electron chi connectivity index (χ4n) is 3.75. The molecule has 2 fully saturated rings. The maximum atomic E-state index is 12.8. The second kappa shape index (κ2) is 7.30. The van der Waals surface area contributed by atoms with E-state index in [-0.39, 0.29) is 11.5 Å². The van der Waals surface area contributed by atoms with Gasteiger partial charge in [-0.2, -0.15) is 0 Å². The zero-order chi connectivity index (χ0) is 16.2. The normalized spacial score (nSPS) is 22.5. The van der Waals surface area contributed by atoms with Gasteiger partial charge in [0, 0.05) is 44.0 Å². The molecule has 0 radical (unpaired) electrons. The Morgan fingerprint density at radius 3 is 2.65 bits per heavy atom. The van der Waals surface area contributed by atoms with Crippen LogP contribution in [0.2, 0.25) is 0 Å². The van der Waals surface area contributed by atoms with Gasteiger partial charge in [-0.15, -0.1) is 0 Å². The molecule has 2 aliphatic rings. The minimum atomic E-state index is -0.124. The molecule has 3 rings (SSSR count). The molecule has 23 heavy (non-hydrogen) atoms. The Balaban J connectivity index is 1.68. The molecule has 0 aromatic carbocycles. The lowest BCUT2D eigenvalue weighted by Crippen LogP contribution is -2.45. The first-order valence-corrected chi connectivity index (χ1v) is 8.85. The Morgan fingerprint density at radius 2 is 1.91 bits per heavy atom. The number of likely N-dealkylation sites (tertiary alicyclic amines) is 2. The van der Waals surface area contributed by atoms with Crippen molar-refractivity contribution in [3.05, 3.63) is 34.2 Å². The van der Waals surface area contributed by atoms with Crippen LogP contribution in [0.15, 0.2) is 23.1 Å². The van der Waals surface area contributed by atoms with E-state index in [4.69, 9.17) is 0 Å². The van der Waals surface area contributed by atoms with Gasteiger partial charge >= 0.3 is 0 Å². The van der Waals surface area contributed by atoms with E-state index in [1.807, 2.05) is 4.90 Å². The average molecular weight is 317 g/mol. The Hall–Kier alpha value is -1.62. The molecule has 0 unspecified atom stereocenters. The predicted octanol–water partition coefficient (Wildman–Crippen LogP) is 1.87. The summed E-state index contributed by atoms with van der Waals surface area (Å²) < 4.78 is 1.50. The average Bonchev–Trinajstić information content (AvgIpc) is 3.08. The zero-order valence-corrected chi connectivity index (χ0v) is 14.0. The van der Waals surface area contributed by atoms with E-state index in [2.05, 4.69) is 4.90 Å². The van der Waals surface area contributed by atoms with Gasteiger partial charge in [-0.25, -0.2) is 0 Å². The maximum Gasteiger partial charge on any atom is 0.254 e. The van der Waals surface area contributed by atoms with E-state index >= 15 is 0 Å². The van der Waals surface area contributed by atoms with Crippen LogP contribution in [-0.4, -0.2) is 52.5 Å². The number of pyridine rings is 1. The van der Waals surface area contributed by atoms with Gasteiger partial charge in [0.1, 0.15) is 0 Å². The van der Waals surface area contributed by atoms with Crippen molar-refractivity contribution in [3.8, 4) is 0 Å². The summed E-state index contributed by atoms with van der Waals surface area (Å²) in [6, 6.07) is 3.55. The van der Waals surface area contributed by atoms with Crippen LogP contribution in [0.3, 0.4) is 0 Å². The molecular formula is C18H27N3O2. The summed E-state index contributed by atoms with van der Waals surface area (Å²) in [7, 11) is 1.70. The molecule has 1 aromatic rings. The van der Waals surface area contributed by atoms with Crippen LogP contribution in [0.4, 0.5) is 0 Å². The smallest absolute Gasteiger partial charge is 0.254 e. The first kappa shape index (κ1) is 16.2. The fourth-order valence-corrected chi connectivity index (χ4v) is 3.75. The third-order valence-corrected chi connectivity index (χ3v) is 5.22. The number of piperidine rings is 1. The van der Waals surface area contributed by atoms with Crippen molar-refractivity contribution in [2.24, 2.45) is 7.05 Å². The molecule has 1 amide bonds. The Labute approximate surface area is 137 Å². The number of carbonyl (C=O) groups excluding carboxylic acids is 1. The molecular weight excluding hydrogens is 290 g/mol. The van der Waals surface area contributed by atoms with E-state index in [0.29, 0.717) is 11.6 Å². The Bertz CT molecular complexity index is 605. The van der Waals surface area contributed by atoms with Crippen molar-refractivity contribution in [1.82, 2.24) is 14.4 Å². The quantitative estimate of drug-likeness (QED) is 0.851. The highest BCUT2D eigenvalue weighted by atomic mass is 16.2. The largest absolute Gasteiger partial charge is 0.336 e. The highest BCUT2D eigenvalue weighted by Gasteiger charge is 2.28. The lowest BCUT2D eigenvalue weighted by Gasteiger charge is -2.36. The van der Waals surface area contributed by atoms with Crippen molar-refractivity contribution >= 4 is 5.91 Å². The molecule has 2 aliphatic heterocycles. The molecule has 5 nitrogen and oxygen atoms in total. The lowest BCUT2D eigenvalue weighted by molar-refractivity contribution is 0.0587. The van der Waals surface area contributed by atoms with Crippen molar-refractivity contribution in [3.63, 3.8) is 0 Å². The molecule has 126 valence electrons. The molecule has 0 spiro atoms. The van der Waals surface area contributed by atoms with Crippen LogP contribution in [0.25, 0.3) is 0 Å². The van der Waals surface area contributed by atoms with E-state index in [1.165, 1.54) is 43.0 Å². The fraction of sp³-hybridized carbons (Fsp3) is 0.667. The van der Waals surface area contributed by atoms with Gasteiger partial charge in [-0.1, -0.05) is 0 Å². The van der Waals surface area contributed by atoms with Gasteiger partial charge in [-0.3, -0.25) is 9.59 Å². The van der Waals surface area contributed by atoms with Crippen LogP contribution < -0.4 is 5.56 Å². The number of hydrogen-bond donors (Lipinski definition) is 0. The van der Waals surface area contributed by atoms with Crippen LogP contribution in [0.5, 0.6) is 0 Å². The summed E-state index contributed by atoms with van der Waals surface area (Å²) >= 11 is 0. The van der Waals surface area contributed by atoms with Crippen molar-refractivity contribution < 1.29 is 4.79 Å². The monoisotopic (exact) mass is 317 g/mol. The number of rotatable bonds is 4. The number of carbonyl (C=O) groups is 1. The van der Waals surface area contributed by atoms with E-state index < -0.39 is 0 Å². The topological polar surface area (TPSA) is 45.6 Å². The molecule has 1 aromatic heterocycles. The number of hydrogen-bond acceptors (Lipinski definition) is 3. The van der Waals surface area contributed by atoms with E-state index in [1.54, 1.807) is 19.3 Å². The second-order valence-electron chi connectivity index (χ2n) is 6.85. The third kappa shape index (κ3) is 3.83. The van der Waals surface area contributed by atoms with Crippen molar-refractivity contribution in [2.45, 2.75) is 44.6 Å². The van der Waals surface area contributed by atoms with Gasteiger partial charge in [-0.05, 0) is 57.7 Å². The summed E-state index contributed by atoms with van der Waals surface area (Å²) in [5.41, 5.74) is 0.405. The number of aromatic nitrogens is 1. The van der Waals surface area contributed by atoms with Crippen LogP contribution in [0, 0.1) is 0 Å². The van der Waals surface area contributed by atoms with Crippen molar-refractivity contribution in [2.75, 3.05) is 26.2 Å².